The molecule has 0 radical (unpaired) electrons. The quantitative estimate of drug-likeness (QED) is 0.732. The molecule has 0 saturated heterocycles. The fourth-order valence-electron chi connectivity index (χ4n) is 2.57. The zero-order valence-electron chi connectivity index (χ0n) is 11.7. The van der Waals surface area contributed by atoms with Gasteiger partial charge in [-0.25, -0.2) is 4.39 Å². The van der Waals surface area contributed by atoms with Crippen LogP contribution >= 0.6 is 27.5 Å². The normalized spacial score (nSPS) is 13.5. The monoisotopic (exact) mass is 382 g/mol. The molecule has 6 heteroatoms. The number of benzene rings is 1. The van der Waals surface area contributed by atoms with Gasteiger partial charge in [0.25, 0.3) is 0 Å². The van der Waals surface area contributed by atoms with Crippen molar-refractivity contribution in [2.75, 3.05) is 6.61 Å². The Morgan fingerprint density at radius 2 is 2.27 bits per heavy atom. The minimum Gasteiger partial charge on any atom is -0.479 e. The number of aryl methyl sites for hydroxylation is 1. The number of aromatic nitrogens is 2. The average Bonchev–Trinajstić information content (AvgIpc) is 2.84. The van der Waals surface area contributed by atoms with Crippen LogP contribution in [0.2, 0.25) is 5.02 Å². The lowest BCUT2D eigenvalue weighted by Crippen LogP contribution is -2.10. The number of ether oxygens (including phenoxy) is 1. The molecule has 0 bridgehead atoms. The van der Waals surface area contributed by atoms with Crippen molar-refractivity contribution < 1.29 is 9.13 Å². The van der Waals surface area contributed by atoms with Crippen LogP contribution in [0.3, 0.4) is 0 Å². The Balaban J connectivity index is 2.08. The summed E-state index contributed by atoms with van der Waals surface area (Å²) in [5.41, 5.74) is 2.02. The van der Waals surface area contributed by atoms with Crippen LogP contribution in [-0.2, 0) is 13.0 Å². The summed E-state index contributed by atoms with van der Waals surface area (Å²) in [7, 11) is 0. The zero-order valence-corrected chi connectivity index (χ0v) is 14.0. The molecular formula is C16H13BrClFN2O. The van der Waals surface area contributed by atoms with Crippen LogP contribution in [0.25, 0.3) is 11.3 Å². The predicted molar refractivity (Wildman–Crippen MR) is 87.6 cm³/mol. The molecule has 2 aromatic rings. The molecule has 0 amide bonds. The number of fused-ring (bicyclic) bond motifs is 1. The SMILES string of the molecule is C#CCOc1cc(-c2nn3c(c2Br)CCCC3)c(F)cc1Cl. The largest absolute Gasteiger partial charge is 0.479 e. The van der Waals surface area contributed by atoms with Crippen molar-refractivity contribution >= 4 is 27.5 Å². The van der Waals surface area contributed by atoms with E-state index in [1.165, 1.54) is 6.07 Å². The summed E-state index contributed by atoms with van der Waals surface area (Å²) in [5, 5.41) is 4.71. The molecule has 0 spiro atoms. The van der Waals surface area contributed by atoms with E-state index in [0.717, 1.165) is 36.0 Å². The summed E-state index contributed by atoms with van der Waals surface area (Å²) in [6, 6.07) is 2.78. The average molecular weight is 384 g/mol. The topological polar surface area (TPSA) is 27.1 Å². The van der Waals surface area contributed by atoms with Crippen molar-refractivity contribution in [3.8, 4) is 29.4 Å². The molecule has 0 aliphatic carbocycles. The van der Waals surface area contributed by atoms with Gasteiger partial charge in [-0.2, -0.15) is 5.10 Å². The van der Waals surface area contributed by atoms with Gasteiger partial charge in [0.15, 0.2) is 0 Å². The summed E-state index contributed by atoms with van der Waals surface area (Å²) < 4.78 is 22.5. The fraction of sp³-hybridized carbons (Fsp3) is 0.312. The van der Waals surface area contributed by atoms with E-state index in [1.807, 2.05) is 4.68 Å². The number of hydrogen-bond acceptors (Lipinski definition) is 2. The number of rotatable bonds is 3. The Bertz CT molecular complexity index is 766. The maximum absolute atomic E-state index is 14.3. The summed E-state index contributed by atoms with van der Waals surface area (Å²) in [4.78, 5) is 0. The third-order valence-corrected chi connectivity index (χ3v) is 4.74. The number of hydrogen-bond donors (Lipinski definition) is 0. The molecule has 114 valence electrons. The molecule has 0 atom stereocenters. The van der Waals surface area contributed by atoms with Gasteiger partial charge in [-0.15, -0.1) is 6.42 Å². The van der Waals surface area contributed by atoms with Gasteiger partial charge in [-0.3, -0.25) is 4.68 Å². The summed E-state index contributed by atoms with van der Waals surface area (Å²) >= 11 is 9.54. The van der Waals surface area contributed by atoms with Crippen LogP contribution in [-0.4, -0.2) is 16.4 Å². The van der Waals surface area contributed by atoms with E-state index in [4.69, 9.17) is 22.8 Å². The summed E-state index contributed by atoms with van der Waals surface area (Å²) in [6.07, 6.45) is 8.31. The highest BCUT2D eigenvalue weighted by Gasteiger charge is 2.22. The van der Waals surface area contributed by atoms with E-state index in [9.17, 15) is 4.39 Å². The number of halogens is 3. The smallest absolute Gasteiger partial charge is 0.148 e. The minimum absolute atomic E-state index is 0.0751. The van der Waals surface area contributed by atoms with Gasteiger partial charge in [-0.1, -0.05) is 17.5 Å². The number of nitrogens with zero attached hydrogens (tertiary/aromatic N) is 2. The lowest BCUT2D eigenvalue weighted by atomic mass is 10.1. The zero-order chi connectivity index (χ0) is 15.7. The highest BCUT2D eigenvalue weighted by molar-refractivity contribution is 9.10. The summed E-state index contributed by atoms with van der Waals surface area (Å²) in [6.45, 7) is 0.926. The second-order valence-electron chi connectivity index (χ2n) is 5.04. The molecule has 3 nitrogen and oxygen atoms in total. The predicted octanol–water partition coefficient (Wildman–Crippen LogP) is 4.45. The molecular weight excluding hydrogens is 371 g/mol. The van der Waals surface area contributed by atoms with Crippen molar-refractivity contribution in [1.29, 1.82) is 0 Å². The van der Waals surface area contributed by atoms with Crippen molar-refractivity contribution in [3.63, 3.8) is 0 Å². The molecule has 2 heterocycles. The molecule has 1 aliphatic heterocycles. The first kappa shape index (κ1) is 15.4. The Morgan fingerprint density at radius 1 is 1.45 bits per heavy atom. The third-order valence-electron chi connectivity index (χ3n) is 3.61. The fourth-order valence-corrected chi connectivity index (χ4v) is 3.47. The van der Waals surface area contributed by atoms with Crippen LogP contribution in [0.5, 0.6) is 5.75 Å². The highest BCUT2D eigenvalue weighted by Crippen LogP contribution is 2.38. The van der Waals surface area contributed by atoms with Gasteiger partial charge in [-0.05, 0) is 47.3 Å². The molecule has 3 rings (SSSR count). The Hall–Kier alpha value is -1.51. The van der Waals surface area contributed by atoms with E-state index in [2.05, 4.69) is 26.9 Å². The Labute approximate surface area is 141 Å². The number of terminal acetylenes is 1. The lowest BCUT2D eigenvalue weighted by molar-refractivity contribution is 0.370. The minimum atomic E-state index is -0.436. The molecule has 22 heavy (non-hydrogen) atoms. The van der Waals surface area contributed by atoms with Gasteiger partial charge in [0.1, 0.15) is 23.9 Å². The Kier molecular flexibility index (Phi) is 4.42. The van der Waals surface area contributed by atoms with Crippen LogP contribution in [0.4, 0.5) is 4.39 Å². The van der Waals surface area contributed by atoms with Gasteiger partial charge in [0.05, 0.1) is 15.2 Å². The van der Waals surface area contributed by atoms with Gasteiger partial charge in [0, 0.05) is 12.1 Å². The van der Waals surface area contributed by atoms with Crippen LogP contribution in [0.15, 0.2) is 16.6 Å². The standard InChI is InChI=1S/C16H13BrClFN2O/c1-2-7-22-14-8-10(12(19)9-11(14)18)16-15(17)13-5-3-4-6-21(13)20-16/h1,8-9H,3-7H2. The molecule has 1 aromatic carbocycles. The first-order valence-corrected chi connectivity index (χ1v) is 8.09. The third kappa shape index (κ3) is 2.73. The van der Waals surface area contributed by atoms with Gasteiger partial charge < -0.3 is 4.74 Å². The lowest BCUT2D eigenvalue weighted by Gasteiger charge is -2.12. The molecule has 1 aliphatic rings. The molecule has 0 unspecified atom stereocenters. The van der Waals surface area contributed by atoms with Crippen molar-refractivity contribution in [3.05, 3.63) is 33.1 Å². The van der Waals surface area contributed by atoms with E-state index >= 15 is 0 Å². The molecule has 0 N–H and O–H groups in total. The molecule has 1 aromatic heterocycles. The van der Waals surface area contributed by atoms with Crippen molar-refractivity contribution in [1.82, 2.24) is 9.78 Å². The first-order chi connectivity index (χ1) is 10.6. The first-order valence-electron chi connectivity index (χ1n) is 6.92. The van der Waals surface area contributed by atoms with Crippen LogP contribution in [0, 0.1) is 18.2 Å². The van der Waals surface area contributed by atoms with E-state index in [1.54, 1.807) is 6.07 Å². The van der Waals surface area contributed by atoms with Crippen LogP contribution in [0.1, 0.15) is 18.5 Å². The van der Waals surface area contributed by atoms with E-state index in [0.29, 0.717) is 17.0 Å². The van der Waals surface area contributed by atoms with Crippen LogP contribution < -0.4 is 4.74 Å². The highest BCUT2D eigenvalue weighted by atomic mass is 79.9. The van der Waals surface area contributed by atoms with E-state index < -0.39 is 5.82 Å². The molecule has 0 saturated carbocycles. The second kappa shape index (κ2) is 6.31. The van der Waals surface area contributed by atoms with E-state index in [-0.39, 0.29) is 11.6 Å². The Morgan fingerprint density at radius 3 is 3.00 bits per heavy atom. The maximum atomic E-state index is 14.3. The molecule has 0 fully saturated rings. The van der Waals surface area contributed by atoms with Gasteiger partial charge in [0.2, 0.25) is 0 Å². The maximum Gasteiger partial charge on any atom is 0.148 e. The van der Waals surface area contributed by atoms with Gasteiger partial charge >= 0.3 is 0 Å². The van der Waals surface area contributed by atoms with Crippen molar-refractivity contribution in [2.24, 2.45) is 0 Å². The second-order valence-corrected chi connectivity index (χ2v) is 6.25. The summed E-state index contributed by atoms with van der Waals surface area (Å²) in [5.74, 6) is 2.28. The van der Waals surface area contributed by atoms with Crippen molar-refractivity contribution in [2.45, 2.75) is 25.8 Å².